The van der Waals surface area contributed by atoms with Crippen LogP contribution in [0.3, 0.4) is 0 Å². The fourth-order valence-electron chi connectivity index (χ4n) is 3.18. The van der Waals surface area contributed by atoms with Crippen molar-refractivity contribution in [2.24, 2.45) is 0 Å². The van der Waals surface area contributed by atoms with Gasteiger partial charge in [0.05, 0.1) is 10.0 Å². The molecule has 0 saturated carbocycles. The summed E-state index contributed by atoms with van der Waals surface area (Å²) in [5.74, 6) is 0. The predicted molar refractivity (Wildman–Crippen MR) is 84.3 cm³/mol. The Labute approximate surface area is 126 Å². The molecule has 0 radical (unpaired) electrons. The Morgan fingerprint density at radius 2 is 2.00 bits per heavy atom. The van der Waals surface area contributed by atoms with Crippen molar-refractivity contribution in [3.8, 4) is 0 Å². The van der Waals surface area contributed by atoms with Gasteiger partial charge in [-0.3, -0.25) is 0 Å². The quantitative estimate of drug-likeness (QED) is 0.802. The maximum atomic E-state index is 6.13. The molecule has 0 amide bonds. The van der Waals surface area contributed by atoms with Crippen LogP contribution in [-0.4, -0.2) is 12.1 Å². The molecule has 1 aliphatic rings. The first-order valence-corrected chi connectivity index (χ1v) is 8.10. The summed E-state index contributed by atoms with van der Waals surface area (Å²) in [4.78, 5) is 0. The van der Waals surface area contributed by atoms with Crippen molar-refractivity contribution in [2.45, 2.75) is 57.4 Å². The molecule has 1 nitrogen and oxygen atoms in total. The van der Waals surface area contributed by atoms with E-state index in [0.29, 0.717) is 10.0 Å². The molecule has 1 aliphatic heterocycles. The number of halogens is 2. The Morgan fingerprint density at radius 1 is 1.16 bits per heavy atom. The molecule has 1 fully saturated rings. The lowest BCUT2D eigenvalue weighted by Gasteiger charge is -2.34. The second-order valence-corrected chi connectivity index (χ2v) is 6.51. The molecule has 3 heteroatoms. The average Bonchev–Trinajstić information content (AvgIpc) is 2.60. The standard InChI is InChI=1S/C16H23Cl2N/c1-2-8-16(9-4-3-5-10-19-16)12-13-6-7-14(17)15(18)11-13/h6-7,11,19H,2-5,8-10,12H2,1H3. The highest BCUT2D eigenvalue weighted by Gasteiger charge is 2.29. The number of rotatable bonds is 4. The minimum atomic E-state index is 0.252. The molecule has 1 heterocycles. The molecule has 1 aromatic rings. The van der Waals surface area contributed by atoms with Crippen molar-refractivity contribution in [1.82, 2.24) is 5.32 Å². The summed E-state index contributed by atoms with van der Waals surface area (Å²) in [6.45, 7) is 3.41. The van der Waals surface area contributed by atoms with E-state index in [4.69, 9.17) is 23.2 Å². The van der Waals surface area contributed by atoms with E-state index in [1.165, 1.54) is 44.1 Å². The second-order valence-electron chi connectivity index (χ2n) is 5.69. The molecule has 2 rings (SSSR count). The minimum absolute atomic E-state index is 0.252. The number of hydrogen-bond acceptors (Lipinski definition) is 1. The summed E-state index contributed by atoms with van der Waals surface area (Å²) in [6, 6.07) is 6.04. The highest BCUT2D eigenvalue weighted by molar-refractivity contribution is 6.42. The van der Waals surface area contributed by atoms with E-state index in [2.05, 4.69) is 18.3 Å². The Kier molecular flexibility index (Phi) is 5.56. The van der Waals surface area contributed by atoms with Gasteiger partial charge in [-0.1, -0.05) is 55.5 Å². The molecule has 1 aromatic carbocycles. The monoisotopic (exact) mass is 299 g/mol. The molecule has 106 valence electrons. The Morgan fingerprint density at radius 3 is 2.74 bits per heavy atom. The maximum Gasteiger partial charge on any atom is 0.0595 e. The maximum absolute atomic E-state index is 6.13. The minimum Gasteiger partial charge on any atom is -0.311 e. The highest BCUT2D eigenvalue weighted by Crippen LogP contribution is 2.30. The molecular formula is C16H23Cl2N. The van der Waals surface area contributed by atoms with Crippen LogP contribution >= 0.6 is 23.2 Å². The third-order valence-corrected chi connectivity index (χ3v) is 4.83. The summed E-state index contributed by atoms with van der Waals surface area (Å²) in [6.07, 6.45) is 8.74. The van der Waals surface area contributed by atoms with Gasteiger partial charge in [0.15, 0.2) is 0 Å². The molecule has 0 spiro atoms. The van der Waals surface area contributed by atoms with Crippen molar-refractivity contribution in [3.63, 3.8) is 0 Å². The van der Waals surface area contributed by atoms with Gasteiger partial charge in [0.2, 0.25) is 0 Å². The zero-order chi connectivity index (χ0) is 13.7. The lowest BCUT2D eigenvalue weighted by molar-refractivity contribution is 0.288. The Balaban J connectivity index is 2.16. The van der Waals surface area contributed by atoms with Crippen LogP contribution in [0.5, 0.6) is 0 Å². The van der Waals surface area contributed by atoms with E-state index in [0.717, 1.165) is 13.0 Å². The van der Waals surface area contributed by atoms with Crippen LogP contribution in [-0.2, 0) is 6.42 Å². The molecule has 1 N–H and O–H groups in total. The van der Waals surface area contributed by atoms with Crippen LogP contribution in [0.25, 0.3) is 0 Å². The second kappa shape index (κ2) is 6.97. The van der Waals surface area contributed by atoms with E-state index in [1.54, 1.807) is 0 Å². The van der Waals surface area contributed by atoms with Gasteiger partial charge >= 0.3 is 0 Å². The van der Waals surface area contributed by atoms with Crippen LogP contribution in [0.2, 0.25) is 10.0 Å². The molecule has 0 aromatic heterocycles. The van der Waals surface area contributed by atoms with Gasteiger partial charge < -0.3 is 5.32 Å². The summed E-state index contributed by atoms with van der Waals surface area (Å²) < 4.78 is 0. The van der Waals surface area contributed by atoms with Gasteiger partial charge in [0.1, 0.15) is 0 Å². The molecule has 0 bridgehead atoms. The summed E-state index contributed by atoms with van der Waals surface area (Å²) in [5.41, 5.74) is 1.54. The van der Waals surface area contributed by atoms with E-state index in [9.17, 15) is 0 Å². The third-order valence-electron chi connectivity index (χ3n) is 4.09. The fourth-order valence-corrected chi connectivity index (χ4v) is 3.50. The topological polar surface area (TPSA) is 12.0 Å². The number of benzene rings is 1. The van der Waals surface area contributed by atoms with Crippen molar-refractivity contribution < 1.29 is 0 Å². The van der Waals surface area contributed by atoms with Crippen LogP contribution in [0.4, 0.5) is 0 Å². The summed E-state index contributed by atoms with van der Waals surface area (Å²) in [7, 11) is 0. The zero-order valence-corrected chi connectivity index (χ0v) is 13.2. The van der Waals surface area contributed by atoms with Gasteiger partial charge in [-0.2, -0.15) is 0 Å². The molecule has 1 unspecified atom stereocenters. The third kappa shape index (κ3) is 4.11. The molecule has 1 atom stereocenters. The lowest BCUT2D eigenvalue weighted by Crippen LogP contribution is -2.46. The Hall–Kier alpha value is -0.240. The number of nitrogens with one attached hydrogen (secondary N) is 1. The van der Waals surface area contributed by atoms with Gasteiger partial charge in [0, 0.05) is 5.54 Å². The van der Waals surface area contributed by atoms with E-state index in [-0.39, 0.29) is 5.54 Å². The van der Waals surface area contributed by atoms with Crippen molar-refractivity contribution >= 4 is 23.2 Å². The summed E-state index contributed by atoms with van der Waals surface area (Å²) >= 11 is 12.1. The fraction of sp³-hybridized carbons (Fsp3) is 0.625. The SMILES string of the molecule is CCCC1(Cc2ccc(Cl)c(Cl)c2)CCCCCN1. The average molecular weight is 300 g/mol. The lowest BCUT2D eigenvalue weighted by atomic mass is 9.83. The van der Waals surface area contributed by atoms with Crippen molar-refractivity contribution in [3.05, 3.63) is 33.8 Å². The first kappa shape index (κ1) is 15.2. The molecule has 1 saturated heterocycles. The van der Waals surface area contributed by atoms with Gasteiger partial charge in [-0.05, 0) is 49.9 Å². The molecule has 19 heavy (non-hydrogen) atoms. The van der Waals surface area contributed by atoms with Crippen LogP contribution in [0.15, 0.2) is 18.2 Å². The van der Waals surface area contributed by atoms with Crippen LogP contribution in [0.1, 0.15) is 51.0 Å². The van der Waals surface area contributed by atoms with Gasteiger partial charge in [-0.15, -0.1) is 0 Å². The Bertz CT molecular complexity index is 409. The zero-order valence-electron chi connectivity index (χ0n) is 11.6. The van der Waals surface area contributed by atoms with Gasteiger partial charge in [-0.25, -0.2) is 0 Å². The highest BCUT2D eigenvalue weighted by atomic mass is 35.5. The molecule has 0 aliphatic carbocycles. The van der Waals surface area contributed by atoms with Crippen molar-refractivity contribution in [2.75, 3.05) is 6.54 Å². The summed E-state index contributed by atoms with van der Waals surface area (Å²) in [5, 5.41) is 5.11. The van der Waals surface area contributed by atoms with Crippen molar-refractivity contribution in [1.29, 1.82) is 0 Å². The smallest absolute Gasteiger partial charge is 0.0595 e. The van der Waals surface area contributed by atoms with Crippen LogP contribution in [0, 0.1) is 0 Å². The molecular weight excluding hydrogens is 277 g/mol. The van der Waals surface area contributed by atoms with E-state index in [1.807, 2.05) is 12.1 Å². The first-order chi connectivity index (χ1) is 9.15. The number of hydrogen-bond donors (Lipinski definition) is 1. The van der Waals surface area contributed by atoms with Crippen LogP contribution < -0.4 is 5.32 Å². The van der Waals surface area contributed by atoms with Gasteiger partial charge in [0.25, 0.3) is 0 Å². The largest absolute Gasteiger partial charge is 0.311 e. The first-order valence-electron chi connectivity index (χ1n) is 7.34. The van der Waals surface area contributed by atoms with E-state index < -0.39 is 0 Å². The van der Waals surface area contributed by atoms with E-state index >= 15 is 0 Å². The normalized spacial score (nSPS) is 24.2. The predicted octanol–water partition coefficient (Wildman–Crippen LogP) is 5.24.